The van der Waals surface area contributed by atoms with E-state index in [0.717, 1.165) is 11.1 Å². The van der Waals surface area contributed by atoms with Gasteiger partial charge in [0.1, 0.15) is 0 Å². The van der Waals surface area contributed by atoms with Gasteiger partial charge in [-0.1, -0.05) is 52.8 Å². The van der Waals surface area contributed by atoms with E-state index in [9.17, 15) is 13.2 Å². The summed E-state index contributed by atoms with van der Waals surface area (Å²) in [6.07, 6.45) is -1.16. The molecule has 15 heavy (non-hydrogen) atoms. The molecule has 0 heterocycles. The predicted molar refractivity (Wildman–Crippen MR) is 64.1 cm³/mol. The Balaban J connectivity index is 2.99. The smallest absolute Gasteiger partial charge is 0.171 e. The van der Waals surface area contributed by atoms with E-state index in [1.807, 2.05) is 19.9 Å². The van der Waals surface area contributed by atoms with Gasteiger partial charge in [-0.05, 0) is 13.8 Å². The lowest BCUT2D eigenvalue weighted by Crippen LogP contribution is -2.34. The van der Waals surface area contributed by atoms with Gasteiger partial charge < -0.3 is 0 Å². The van der Waals surface area contributed by atoms with Crippen LogP contribution in [0.1, 0.15) is 27.2 Å². The van der Waals surface area contributed by atoms with Gasteiger partial charge in [0.05, 0.1) is 6.42 Å². The summed E-state index contributed by atoms with van der Waals surface area (Å²) in [5.41, 5.74) is 1.14. The average Bonchev–Trinajstić information content (AvgIpc) is 1.95. The topological polar surface area (TPSA) is 0 Å². The van der Waals surface area contributed by atoms with Crippen molar-refractivity contribution in [3.63, 3.8) is 0 Å². The predicted octanol–water partition coefficient (Wildman–Crippen LogP) is 4.65. The van der Waals surface area contributed by atoms with Crippen LogP contribution in [0, 0.1) is 5.41 Å². The van der Waals surface area contributed by atoms with E-state index in [1.165, 1.54) is 0 Å². The Kier molecular flexibility index (Phi) is 3.58. The fourth-order valence-electron chi connectivity index (χ4n) is 2.16. The van der Waals surface area contributed by atoms with E-state index in [4.69, 9.17) is 0 Å². The van der Waals surface area contributed by atoms with E-state index >= 15 is 0 Å². The second kappa shape index (κ2) is 4.11. The van der Waals surface area contributed by atoms with Crippen molar-refractivity contribution in [1.29, 1.82) is 0 Å². The maximum Gasteiger partial charge on any atom is 0.389 e. The highest BCUT2D eigenvalue weighted by atomic mass is 127. The number of hydrogen-bond donors (Lipinski definition) is 0. The molecule has 86 valence electrons. The Morgan fingerprint density at radius 2 is 1.93 bits per heavy atom. The summed E-state index contributed by atoms with van der Waals surface area (Å²) in [6, 6.07) is 0. The number of halogens is 4. The van der Waals surface area contributed by atoms with Crippen LogP contribution in [-0.2, 0) is 0 Å². The summed E-state index contributed by atoms with van der Waals surface area (Å²) in [4.78, 5) is 0. The van der Waals surface area contributed by atoms with Crippen molar-refractivity contribution in [1.82, 2.24) is 0 Å². The molecular weight excluding hydrogens is 316 g/mol. The number of rotatable bonds is 1. The third kappa shape index (κ3) is 3.23. The monoisotopic (exact) mass is 330 g/mol. The van der Waals surface area contributed by atoms with Gasteiger partial charge in [-0.3, -0.25) is 0 Å². The van der Waals surface area contributed by atoms with Gasteiger partial charge in [0, 0.05) is 9.34 Å². The second-order valence-electron chi connectivity index (χ2n) is 4.44. The van der Waals surface area contributed by atoms with E-state index in [2.05, 4.69) is 22.6 Å². The standard InChI is InChI=1S/C11H14F3I/c1-7-4-8(2)9(15)10(3,5-7)6-11(12,13)14/h4-5,9H,6H2,1-3H3. The Morgan fingerprint density at radius 1 is 1.40 bits per heavy atom. The fraction of sp³-hybridized carbons (Fsp3) is 0.636. The zero-order chi connectivity index (χ0) is 11.9. The molecular formula is C11H14F3I. The van der Waals surface area contributed by atoms with Crippen molar-refractivity contribution in [2.45, 2.75) is 37.3 Å². The number of hydrogen-bond acceptors (Lipinski definition) is 0. The number of alkyl halides is 4. The summed E-state index contributed by atoms with van der Waals surface area (Å²) in [5.74, 6) is 0. The van der Waals surface area contributed by atoms with Crippen LogP contribution in [0.4, 0.5) is 13.2 Å². The molecule has 0 aromatic carbocycles. The van der Waals surface area contributed by atoms with Crippen molar-refractivity contribution in [3.05, 3.63) is 23.3 Å². The van der Waals surface area contributed by atoms with Crippen LogP contribution in [0.3, 0.4) is 0 Å². The minimum absolute atomic E-state index is 0.0829. The SMILES string of the molecule is CC1=CC(C)(CC(F)(F)F)C(I)C(C)=C1. The molecule has 0 N–H and O–H groups in total. The lowest BCUT2D eigenvalue weighted by Gasteiger charge is -2.36. The van der Waals surface area contributed by atoms with Crippen molar-refractivity contribution < 1.29 is 13.2 Å². The average molecular weight is 330 g/mol. The van der Waals surface area contributed by atoms with Crippen molar-refractivity contribution in [2.75, 3.05) is 0 Å². The van der Waals surface area contributed by atoms with Crippen molar-refractivity contribution in [2.24, 2.45) is 5.41 Å². The molecule has 0 aliphatic heterocycles. The molecule has 2 atom stereocenters. The zero-order valence-electron chi connectivity index (χ0n) is 8.95. The molecule has 1 aliphatic rings. The third-order valence-electron chi connectivity index (χ3n) is 2.57. The lowest BCUT2D eigenvalue weighted by molar-refractivity contribution is -0.150. The van der Waals surface area contributed by atoms with Gasteiger partial charge >= 0.3 is 6.18 Å². The Labute approximate surface area is 102 Å². The minimum Gasteiger partial charge on any atom is -0.171 e. The maximum absolute atomic E-state index is 12.5. The number of allylic oxidation sites excluding steroid dienone is 4. The van der Waals surface area contributed by atoms with Gasteiger partial charge in [-0.2, -0.15) is 13.2 Å². The fourth-order valence-corrected chi connectivity index (χ4v) is 2.74. The normalized spacial score (nSPS) is 32.3. The maximum atomic E-state index is 12.5. The van der Waals surface area contributed by atoms with Crippen molar-refractivity contribution >= 4 is 22.6 Å². The summed E-state index contributed by atoms with van der Waals surface area (Å²) in [7, 11) is 0. The van der Waals surface area contributed by atoms with E-state index < -0.39 is 18.0 Å². The van der Waals surface area contributed by atoms with Crippen LogP contribution in [-0.4, -0.2) is 10.1 Å². The largest absolute Gasteiger partial charge is 0.389 e. The summed E-state index contributed by atoms with van der Waals surface area (Å²) in [6.45, 7) is 5.42. The van der Waals surface area contributed by atoms with Crippen LogP contribution in [0.25, 0.3) is 0 Å². The molecule has 0 saturated heterocycles. The highest BCUT2D eigenvalue weighted by molar-refractivity contribution is 14.1. The summed E-state index contributed by atoms with van der Waals surface area (Å²) in [5, 5.41) is 0. The van der Waals surface area contributed by atoms with E-state index in [0.29, 0.717) is 0 Å². The molecule has 0 saturated carbocycles. The first-order chi connectivity index (χ1) is 6.64. The molecule has 2 unspecified atom stereocenters. The quantitative estimate of drug-likeness (QED) is 0.485. The molecule has 0 aromatic rings. The van der Waals surface area contributed by atoms with Crippen LogP contribution in [0.15, 0.2) is 23.3 Å². The minimum atomic E-state index is -4.10. The molecule has 0 spiro atoms. The molecule has 0 nitrogen and oxygen atoms in total. The lowest BCUT2D eigenvalue weighted by atomic mass is 9.76. The molecule has 0 radical (unpaired) electrons. The van der Waals surface area contributed by atoms with Gasteiger partial charge in [-0.15, -0.1) is 0 Å². The van der Waals surface area contributed by atoms with E-state index in [1.54, 1.807) is 13.0 Å². The first kappa shape index (κ1) is 13.1. The molecule has 1 aliphatic carbocycles. The van der Waals surface area contributed by atoms with Crippen LogP contribution >= 0.6 is 22.6 Å². The molecule has 0 bridgehead atoms. The zero-order valence-corrected chi connectivity index (χ0v) is 11.1. The first-order valence-corrected chi connectivity index (χ1v) is 5.97. The highest BCUT2D eigenvalue weighted by Gasteiger charge is 2.43. The summed E-state index contributed by atoms with van der Waals surface area (Å²) >= 11 is 2.10. The van der Waals surface area contributed by atoms with Gasteiger partial charge in [0.25, 0.3) is 0 Å². The van der Waals surface area contributed by atoms with Gasteiger partial charge in [-0.25, -0.2) is 0 Å². The second-order valence-corrected chi connectivity index (χ2v) is 5.68. The van der Waals surface area contributed by atoms with E-state index in [-0.39, 0.29) is 3.92 Å². The molecule has 4 heteroatoms. The molecule has 0 aromatic heterocycles. The molecule has 0 fully saturated rings. The first-order valence-electron chi connectivity index (χ1n) is 4.72. The Bertz CT molecular complexity index is 314. The molecule has 1 rings (SSSR count). The van der Waals surface area contributed by atoms with Gasteiger partial charge in [0.2, 0.25) is 0 Å². The molecule has 0 amide bonds. The van der Waals surface area contributed by atoms with Crippen LogP contribution in [0.5, 0.6) is 0 Å². The van der Waals surface area contributed by atoms with Crippen LogP contribution in [0.2, 0.25) is 0 Å². The van der Waals surface area contributed by atoms with Crippen LogP contribution < -0.4 is 0 Å². The summed E-state index contributed by atoms with van der Waals surface area (Å²) < 4.78 is 37.3. The van der Waals surface area contributed by atoms with Crippen molar-refractivity contribution in [3.8, 4) is 0 Å². The Hall–Kier alpha value is -0.0000000000000000555. The Morgan fingerprint density at radius 3 is 2.40 bits per heavy atom. The highest BCUT2D eigenvalue weighted by Crippen LogP contribution is 2.46. The third-order valence-corrected chi connectivity index (χ3v) is 4.98. The van der Waals surface area contributed by atoms with Gasteiger partial charge in [0.15, 0.2) is 0 Å².